The van der Waals surface area contributed by atoms with Crippen LogP contribution in [-0.2, 0) is 18.3 Å². The van der Waals surface area contributed by atoms with Crippen LogP contribution in [0.1, 0.15) is 104 Å². The fraction of sp³-hybridized carbons (Fsp3) is 0.382. The minimum atomic E-state index is -6.00. The second-order valence-corrected chi connectivity index (χ2v) is 13.0. The molecule has 1 nitrogen and oxygen atoms in total. The molecule has 0 unspecified atom stereocenters. The first-order chi connectivity index (χ1) is 19.3. The van der Waals surface area contributed by atoms with Crippen LogP contribution in [0.25, 0.3) is 5.69 Å². The van der Waals surface area contributed by atoms with E-state index in [9.17, 15) is 17.3 Å². The van der Waals surface area contributed by atoms with Gasteiger partial charge in [-0.2, -0.15) is 4.57 Å². The summed E-state index contributed by atoms with van der Waals surface area (Å²) >= 11 is 1.97. The first kappa shape index (κ1) is 31.0. The monoisotopic (exact) mass is 581 g/mol. The number of fused-ring (bicyclic) bond motifs is 1. The molecule has 4 aromatic rings. The fourth-order valence-corrected chi connectivity index (χ4v) is 6.75. The van der Waals surface area contributed by atoms with Crippen molar-refractivity contribution in [3.8, 4) is 5.69 Å². The van der Waals surface area contributed by atoms with E-state index in [4.69, 9.17) is 0 Å². The van der Waals surface area contributed by atoms with Crippen LogP contribution < -0.4 is 4.57 Å². The summed E-state index contributed by atoms with van der Waals surface area (Å²) in [6, 6.07) is 27.1. The van der Waals surface area contributed by atoms with Crippen LogP contribution in [0.4, 0.5) is 17.3 Å². The summed E-state index contributed by atoms with van der Waals surface area (Å²) in [4.78, 5) is 1.59. The Labute approximate surface area is 246 Å². The molecule has 0 radical (unpaired) electrons. The van der Waals surface area contributed by atoms with E-state index in [1.54, 1.807) is 10.6 Å². The molecule has 0 spiro atoms. The Hall–Kier alpha value is -2.93. The minimum Gasteiger partial charge on any atom is -0.418 e. The van der Waals surface area contributed by atoms with Crippen molar-refractivity contribution in [2.24, 2.45) is 0 Å². The molecule has 1 aromatic heterocycles. The molecule has 0 saturated heterocycles. The summed E-state index contributed by atoms with van der Waals surface area (Å²) in [5.41, 5.74) is 12.5. The minimum absolute atomic E-state index is 0.0745. The molecule has 1 heterocycles. The lowest BCUT2D eigenvalue weighted by Crippen LogP contribution is -2.37. The molecule has 5 rings (SSSR count). The summed E-state index contributed by atoms with van der Waals surface area (Å²) < 4.78 is 41.6. The highest BCUT2D eigenvalue weighted by atomic mass is 32.1. The number of hydrogen-bond acceptors (Lipinski definition) is 1. The maximum atomic E-state index is 9.75. The Morgan fingerprint density at radius 1 is 0.732 bits per heavy atom. The highest BCUT2D eigenvalue weighted by Gasteiger charge is 2.33. The summed E-state index contributed by atoms with van der Waals surface area (Å²) in [6.07, 6.45) is 6.34. The van der Waals surface area contributed by atoms with Crippen LogP contribution in [0.2, 0.25) is 0 Å². The Morgan fingerprint density at radius 3 is 1.66 bits per heavy atom. The van der Waals surface area contributed by atoms with E-state index >= 15 is 0 Å². The molecule has 0 fully saturated rings. The Balaban J connectivity index is 0.000000714. The van der Waals surface area contributed by atoms with E-state index in [1.165, 1.54) is 65.6 Å². The molecule has 0 aliphatic heterocycles. The first-order valence-corrected chi connectivity index (χ1v) is 15.4. The van der Waals surface area contributed by atoms with Crippen molar-refractivity contribution in [3.63, 3.8) is 0 Å². The van der Waals surface area contributed by atoms with Gasteiger partial charge in [0.1, 0.15) is 0 Å². The molecule has 2 atom stereocenters. The topological polar surface area (TPSA) is 3.88 Å². The van der Waals surface area contributed by atoms with Crippen molar-refractivity contribution >= 4 is 18.6 Å². The molecule has 0 amide bonds. The van der Waals surface area contributed by atoms with Crippen molar-refractivity contribution in [2.45, 2.75) is 84.0 Å². The Kier molecular flexibility index (Phi) is 9.79. The summed E-state index contributed by atoms with van der Waals surface area (Å²) in [5, 5.41) is 0. The van der Waals surface area contributed by atoms with Gasteiger partial charge in [0.2, 0.25) is 16.9 Å². The number of benzene rings is 3. The summed E-state index contributed by atoms with van der Waals surface area (Å²) in [5.74, 6) is 0.609. The largest absolute Gasteiger partial charge is 0.673 e. The number of rotatable bonds is 5. The van der Waals surface area contributed by atoms with Crippen molar-refractivity contribution in [1.29, 1.82) is 0 Å². The van der Waals surface area contributed by atoms with E-state index in [2.05, 4.69) is 117 Å². The van der Waals surface area contributed by atoms with Gasteiger partial charge in [0.25, 0.3) is 0 Å². The average Bonchev–Trinajstić information content (AvgIpc) is 3.17. The predicted molar refractivity (Wildman–Crippen MR) is 164 cm³/mol. The lowest BCUT2D eigenvalue weighted by Gasteiger charge is -2.26. The number of hydrogen-bond donors (Lipinski definition) is 0. The Bertz CT molecular complexity index is 1350. The molecule has 0 N–H and O–H groups in total. The van der Waals surface area contributed by atoms with Gasteiger partial charge >= 0.3 is 7.25 Å². The van der Waals surface area contributed by atoms with Crippen molar-refractivity contribution in [1.82, 2.24) is 0 Å². The van der Waals surface area contributed by atoms with Gasteiger partial charge in [-0.05, 0) is 53.5 Å². The molecule has 0 saturated carbocycles. The molecule has 0 bridgehead atoms. The van der Waals surface area contributed by atoms with Crippen LogP contribution >= 0.6 is 11.3 Å². The molecule has 1 aliphatic carbocycles. The standard InChI is InChI=1S/C34H40NS.BF4/c1-24(26-15-9-6-10-16-26)29-21-28(34(3,4)5)22-30(25(2)27-17-11-7-12-18-27)33(29)35-23-36-32-20-14-8-13-19-31(32)35;2-1(3,4)5/h6-7,9-12,15-18,21-25H,8,13-14,19-20H2,1-5H3;/q+1;-1/t24-,25-;/m1./s1. The van der Waals surface area contributed by atoms with E-state index in [1.807, 2.05) is 11.3 Å². The third kappa shape index (κ3) is 7.88. The highest BCUT2D eigenvalue weighted by molar-refractivity contribution is 7.09. The maximum absolute atomic E-state index is 9.75. The maximum Gasteiger partial charge on any atom is 0.673 e. The molecule has 218 valence electrons. The quantitative estimate of drug-likeness (QED) is 0.0956. The smallest absolute Gasteiger partial charge is 0.418 e. The number of thiazole rings is 1. The zero-order chi connectivity index (χ0) is 29.8. The molecule has 3 aromatic carbocycles. The zero-order valence-electron chi connectivity index (χ0n) is 24.6. The normalized spacial score (nSPS) is 15.2. The van der Waals surface area contributed by atoms with Crippen LogP contribution in [0.15, 0.2) is 78.3 Å². The molecular weight excluding hydrogens is 541 g/mol. The lowest BCUT2D eigenvalue weighted by molar-refractivity contribution is -0.600. The second kappa shape index (κ2) is 12.9. The predicted octanol–water partition coefficient (Wildman–Crippen LogP) is 10.2. The lowest BCUT2D eigenvalue weighted by atomic mass is 9.78. The van der Waals surface area contributed by atoms with Crippen LogP contribution in [-0.4, -0.2) is 7.25 Å². The van der Waals surface area contributed by atoms with Crippen molar-refractivity contribution < 1.29 is 21.8 Å². The van der Waals surface area contributed by atoms with Crippen molar-refractivity contribution in [2.75, 3.05) is 0 Å². The highest BCUT2D eigenvalue weighted by Crippen LogP contribution is 2.39. The van der Waals surface area contributed by atoms with E-state index in [0.717, 1.165) is 0 Å². The third-order valence-corrected chi connectivity index (χ3v) is 9.08. The zero-order valence-corrected chi connectivity index (χ0v) is 25.5. The molecule has 41 heavy (non-hydrogen) atoms. The average molecular weight is 582 g/mol. The van der Waals surface area contributed by atoms with Crippen LogP contribution in [0.5, 0.6) is 0 Å². The van der Waals surface area contributed by atoms with Gasteiger partial charge < -0.3 is 17.3 Å². The number of aromatic nitrogens is 1. The van der Waals surface area contributed by atoms with E-state index in [-0.39, 0.29) is 5.41 Å². The third-order valence-electron chi connectivity index (χ3n) is 8.04. The van der Waals surface area contributed by atoms with Crippen molar-refractivity contribution in [3.05, 3.63) is 117 Å². The molecular formula is C34H40BF4NS. The number of aryl methyl sites for hydroxylation is 1. The van der Waals surface area contributed by atoms with Gasteiger partial charge in [0.05, 0.1) is 4.88 Å². The van der Waals surface area contributed by atoms with Crippen LogP contribution in [0, 0.1) is 0 Å². The molecule has 1 aliphatic rings. The van der Waals surface area contributed by atoms with Gasteiger partial charge in [0, 0.05) is 29.4 Å². The first-order valence-electron chi connectivity index (χ1n) is 14.5. The fourth-order valence-electron chi connectivity index (χ4n) is 5.68. The SMILES string of the molecule is C[C@H](c1ccccc1)c1cc(C(C)(C)C)cc([C@H](C)c2ccccc2)c1-[n+]1csc2c1CCCCC2.F[B-](F)(F)F. The number of halogens is 4. The number of nitrogens with zero attached hydrogens (tertiary/aromatic N) is 1. The summed E-state index contributed by atoms with van der Waals surface area (Å²) in [7, 11) is -6.00. The second-order valence-electron chi connectivity index (χ2n) is 12.0. The van der Waals surface area contributed by atoms with Gasteiger partial charge in [-0.25, -0.2) is 0 Å². The van der Waals surface area contributed by atoms with Crippen LogP contribution in [0.3, 0.4) is 0 Å². The van der Waals surface area contributed by atoms with E-state index in [0.29, 0.717) is 11.8 Å². The van der Waals surface area contributed by atoms with E-state index < -0.39 is 7.25 Å². The van der Waals surface area contributed by atoms with Gasteiger partial charge in [0.15, 0.2) is 0 Å². The summed E-state index contributed by atoms with van der Waals surface area (Å²) in [6.45, 7) is 11.8. The molecule has 7 heteroatoms. The van der Waals surface area contributed by atoms with Gasteiger partial charge in [-0.15, -0.1) is 0 Å². The van der Waals surface area contributed by atoms with Gasteiger partial charge in [-0.1, -0.05) is 113 Å². The van der Waals surface area contributed by atoms with Gasteiger partial charge in [-0.3, -0.25) is 0 Å². The Morgan fingerprint density at radius 2 is 1.20 bits per heavy atom.